The lowest BCUT2D eigenvalue weighted by Gasteiger charge is -2.38. The first-order valence-electron chi connectivity index (χ1n) is 7.57. The third kappa shape index (κ3) is 2.36. The molecule has 0 fully saturated rings. The first kappa shape index (κ1) is 15.8. The first-order valence-corrected chi connectivity index (χ1v) is 8.38. The lowest BCUT2D eigenvalue weighted by molar-refractivity contribution is 0.383. The Kier molecular flexibility index (Phi) is 4.23. The average Bonchev–Trinajstić information content (AvgIpc) is 2.91. The van der Waals surface area contributed by atoms with Crippen molar-refractivity contribution in [3.63, 3.8) is 0 Å². The van der Waals surface area contributed by atoms with E-state index >= 15 is 0 Å². The molecule has 1 aliphatic carbocycles. The van der Waals surface area contributed by atoms with Crippen molar-refractivity contribution in [2.75, 3.05) is 0 Å². The van der Waals surface area contributed by atoms with Gasteiger partial charge in [0.25, 0.3) is 0 Å². The van der Waals surface area contributed by atoms with Gasteiger partial charge in [0.15, 0.2) is 11.5 Å². The van der Waals surface area contributed by atoms with Crippen LogP contribution in [0.5, 0.6) is 11.5 Å². The van der Waals surface area contributed by atoms with Crippen molar-refractivity contribution < 1.29 is 10.2 Å². The number of aromatic hydroxyl groups is 2. The molecular formula is C17H20BrNO2S. The van der Waals surface area contributed by atoms with Crippen molar-refractivity contribution in [2.45, 2.75) is 44.7 Å². The summed E-state index contributed by atoms with van der Waals surface area (Å²) in [4.78, 5) is 2.87. The van der Waals surface area contributed by atoms with Crippen molar-refractivity contribution in [3.8, 4) is 11.5 Å². The fraction of sp³-hybridized carbons (Fsp3) is 0.412. The minimum Gasteiger partial charge on any atom is -0.504 e. The number of fused-ring (bicyclic) bond motifs is 5. The van der Waals surface area contributed by atoms with Crippen LogP contribution in [0.1, 0.15) is 45.7 Å². The summed E-state index contributed by atoms with van der Waals surface area (Å²) >= 11 is 1.91. The molecule has 2 aliphatic rings. The molecule has 4 rings (SSSR count). The Bertz CT molecular complexity index is 713. The number of benzene rings is 1. The van der Waals surface area contributed by atoms with Crippen LogP contribution in [0.25, 0.3) is 0 Å². The number of thiophene rings is 1. The lowest BCUT2D eigenvalue weighted by atomic mass is 9.75. The molecule has 22 heavy (non-hydrogen) atoms. The number of hydrogen-bond acceptors (Lipinski definition) is 4. The Labute approximate surface area is 144 Å². The summed E-state index contributed by atoms with van der Waals surface area (Å²) in [5, 5.41) is 23.3. The Morgan fingerprint density at radius 1 is 1.18 bits per heavy atom. The highest BCUT2D eigenvalue weighted by Crippen LogP contribution is 2.46. The van der Waals surface area contributed by atoms with Crippen LogP contribution in [0.2, 0.25) is 0 Å². The molecule has 0 radical (unpaired) electrons. The van der Waals surface area contributed by atoms with Gasteiger partial charge >= 0.3 is 0 Å². The molecule has 0 saturated heterocycles. The SMILES string of the molecule is Br.CCc1cc2c(s1)[C@@H]1c3cc(O)c(O)cc3CC[C@H]1NC2. The number of phenolic OH excluding ortho intramolecular Hbond substituents is 2. The van der Waals surface area contributed by atoms with E-state index in [1.807, 2.05) is 11.3 Å². The van der Waals surface area contributed by atoms with Gasteiger partial charge in [-0.2, -0.15) is 0 Å². The van der Waals surface area contributed by atoms with Crippen molar-refractivity contribution in [3.05, 3.63) is 44.6 Å². The topological polar surface area (TPSA) is 52.5 Å². The third-order valence-electron chi connectivity index (χ3n) is 4.78. The summed E-state index contributed by atoms with van der Waals surface area (Å²) in [5.74, 6) is 0.305. The minimum absolute atomic E-state index is 0. The molecule has 2 aromatic rings. The zero-order chi connectivity index (χ0) is 14.6. The minimum atomic E-state index is -0.00575. The number of phenols is 2. The van der Waals surface area contributed by atoms with Gasteiger partial charge in [-0.15, -0.1) is 28.3 Å². The monoisotopic (exact) mass is 381 g/mol. The molecule has 1 aromatic heterocycles. The number of nitrogens with one attached hydrogen (secondary N) is 1. The van der Waals surface area contributed by atoms with Gasteiger partial charge in [0.2, 0.25) is 0 Å². The van der Waals surface area contributed by atoms with Crippen LogP contribution in [0.15, 0.2) is 18.2 Å². The van der Waals surface area contributed by atoms with Crippen LogP contribution < -0.4 is 5.32 Å². The fourth-order valence-corrected chi connectivity index (χ4v) is 5.01. The first-order chi connectivity index (χ1) is 10.2. The Balaban J connectivity index is 0.00000144. The van der Waals surface area contributed by atoms with Gasteiger partial charge in [0.05, 0.1) is 0 Å². The Hall–Kier alpha value is -1.04. The van der Waals surface area contributed by atoms with Crippen LogP contribution >= 0.6 is 28.3 Å². The van der Waals surface area contributed by atoms with E-state index in [0.717, 1.165) is 25.8 Å². The van der Waals surface area contributed by atoms with E-state index in [1.165, 1.54) is 26.4 Å². The highest BCUT2D eigenvalue weighted by molar-refractivity contribution is 8.93. The van der Waals surface area contributed by atoms with E-state index in [1.54, 1.807) is 12.1 Å². The van der Waals surface area contributed by atoms with Crippen LogP contribution in [-0.2, 0) is 19.4 Å². The molecule has 118 valence electrons. The molecule has 2 atom stereocenters. The van der Waals surface area contributed by atoms with E-state index in [2.05, 4.69) is 18.3 Å². The summed E-state index contributed by atoms with van der Waals surface area (Å²) in [6.07, 6.45) is 3.11. The molecule has 0 bridgehead atoms. The number of hydrogen-bond donors (Lipinski definition) is 3. The molecule has 0 spiro atoms. The van der Waals surface area contributed by atoms with E-state index in [4.69, 9.17) is 0 Å². The zero-order valence-corrected chi connectivity index (χ0v) is 15.0. The lowest BCUT2D eigenvalue weighted by Crippen LogP contribution is -2.41. The van der Waals surface area contributed by atoms with Gasteiger partial charge in [-0.25, -0.2) is 0 Å². The highest BCUT2D eigenvalue weighted by Gasteiger charge is 2.36. The molecule has 0 amide bonds. The molecule has 0 saturated carbocycles. The maximum atomic E-state index is 9.90. The van der Waals surface area contributed by atoms with Crippen molar-refractivity contribution in [1.29, 1.82) is 0 Å². The van der Waals surface area contributed by atoms with E-state index < -0.39 is 0 Å². The van der Waals surface area contributed by atoms with Crippen LogP contribution in [0, 0.1) is 0 Å². The Morgan fingerprint density at radius 3 is 2.73 bits per heavy atom. The predicted octanol–water partition coefficient (Wildman–Crippen LogP) is 3.85. The quantitative estimate of drug-likeness (QED) is 0.657. The van der Waals surface area contributed by atoms with E-state index in [9.17, 15) is 10.2 Å². The second-order valence-corrected chi connectivity index (χ2v) is 7.17. The van der Waals surface area contributed by atoms with Crippen molar-refractivity contribution >= 4 is 28.3 Å². The van der Waals surface area contributed by atoms with Crippen LogP contribution in [0.3, 0.4) is 0 Å². The molecule has 0 unspecified atom stereocenters. The largest absolute Gasteiger partial charge is 0.504 e. The summed E-state index contributed by atoms with van der Waals surface area (Å²) < 4.78 is 0. The zero-order valence-electron chi connectivity index (χ0n) is 12.4. The van der Waals surface area contributed by atoms with Gasteiger partial charge in [0, 0.05) is 28.3 Å². The van der Waals surface area contributed by atoms with E-state index in [0.29, 0.717) is 12.0 Å². The maximum absolute atomic E-state index is 9.90. The molecular weight excluding hydrogens is 362 g/mol. The van der Waals surface area contributed by atoms with Crippen molar-refractivity contribution in [2.24, 2.45) is 0 Å². The third-order valence-corrected chi connectivity index (χ3v) is 6.18. The number of halogens is 1. The standard InChI is InChI=1S/C17H19NO2S.BrH/c1-2-11-5-10-8-18-13-4-3-9-6-14(19)15(20)7-12(9)16(13)17(10)21-11;/h5-7,13,16,18-20H,2-4,8H2,1H3;1H/t13-,16-;/m1./s1. The van der Waals surface area contributed by atoms with Gasteiger partial charge in [0.1, 0.15) is 0 Å². The van der Waals surface area contributed by atoms with Gasteiger partial charge in [-0.1, -0.05) is 6.92 Å². The summed E-state index contributed by atoms with van der Waals surface area (Å²) in [7, 11) is 0. The highest BCUT2D eigenvalue weighted by atomic mass is 79.9. The molecule has 1 aliphatic heterocycles. The second kappa shape index (κ2) is 5.87. The van der Waals surface area contributed by atoms with Crippen molar-refractivity contribution in [1.82, 2.24) is 5.32 Å². The second-order valence-electron chi connectivity index (χ2n) is 6.00. The molecule has 5 heteroatoms. The average molecular weight is 382 g/mol. The summed E-state index contributed by atoms with van der Waals surface area (Å²) in [6, 6.07) is 6.27. The molecule has 3 nitrogen and oxygen atoms in total. The fourth-order valence-electron chi connectivity index (χ4n) is 3.70. The maximum Gasteiger partial charge on any atom is 0.157 e. The Morgan fingerprint density at radius 2 is 1.95 bits per heavy atom. The molecule has 2 heterocycles. The molecule has 3 N–H and O–H groups in total. The number of aryl methyl sites for hydroxylation is 2. The van der Waals surface area contributed by atoms with Gasteiger partial charge < -0.3 is 15.5 Å². The van der Waals surface area contributed by atoms with Gasteiger partial charge in [-0.3, -0.25) is 0 Å². The van der Waals surface area contributed by atoms with Crippen LogP contribution in [-0.4, -0.2) is 16.3 Å². The number of rotatable bonds is 1. The predicted molar refractivity (Wildman–Crippen MR) is 94.6 cm³/mol. The van der Waals surface area contributed by atoms with Crippen LogP contribution in [0.4, 0.5) is 0 Å². The van der Waals surface area contributed by atoms with Gasteiger partial charge in [-0.05, 0) is 54.2 Å². The summed E-state index contributed by atoms with van der Waals surface area (Å²) in [5.41, 5.74) is 3.76. The molecule has 1 aromatic carbocycles. The van der Waals surface area contributed by atoms with E-state index in [-0.39, 0.29) is 28.5 Å². The summed E-state index contributed by atoms with van der Waals surface area (Å²) in [6.45, 7) is 3.15. The normalized spacial score (nSPS) is 22.2. The smallest absolute Gasteiger partial charge is 0.157 e.